The molecule has 3 nitrogen and oxygen atoms in total. The summed E-state index contributed by atoms with van der Waals surface area (Å²) in [4.78, 5) is 0. The Morgan fingerprint density at radius 2 is 1.17 bits per heavy atom. The standard InChI is InChI=1S/GeO3.2Rb/c2-1(3)4;;/q-2;2*+1. The van der Waals surface area contributed by atoms with Crippen molar-refractivity contribution in [2.45, 2.75) is 0 Å². The van der Waals surface area contributed by atoms with E-state index in [-0.39, 0.29) is 116 Å². The van der Waals surface area contributed by atoms with Gasteiger partial charge >= 0.3 is 143 Å². The van der Waals surface area contributed by atoms with E-state index in [4.69, 9.17) is 12.0 Å². The third-order valence-corrected chi connectivity index (χ3v) is 0. The fourth-order valence-electron chi connectivity index (χ4n) is 0. The van der Waals surface area contributed by atoms with Crippen molar-refractivity contribution >= 4 is 15.0 Å². The minimum absolute atomic E-state index is 0. The molecule has 0 saturated carbocycles. The molecule has 0 saturated heterocycles. The van der Waals surface area contributed by atoms with Gasteiger partial charge in [0, 0.05) is 0 Å². The average Bonchev–Trinajstić information content (AvgIpc) is 0.811. The van der Waals surface area contributed by atoms with Crippen molar-refractivity contribution in [1.82, 2.24) is 0 Å². The molecular weight excluding hydrogens is 292 g/mol. The molecule has 24 valence electrons. The van der Waals surface area contributed by atoms with E-state index in [1.165, 1.54) is 0 Å². The van der Waals surface area contributed by atoms with Crippen LogP contribution in [0.25, 0.3) is 0 Å². The summed E-state index contributed by atoms with van der Waals surface area (Å²) in [5, 5.41) is 0. The first-order valence-corrected chi connectivity index (χ1v) is 3.18. The second-order valence-corrected chi connectivity index (χ2v) is 1.30. The molecule has 0 aromatic heterocycles. The number of hydrogen-bond acceptors (Lipinski definition) is 3. The zero-order valence-corrected chi connectivity index (χ0v) is 15.7. The van der Waals surface area contributed by atoms with Crippen LogP contribution in [0.2, 0.25) is 0 Å². The van der Waals surface area contributed by atoms with Crippen molar-refractivity contribution in [1.29, 1.82) is 0 Å². The largest absolute Gasteiger partial charge is 1.00 e. The van der Waals surface area contributed by atoms with Crippen LogP contribution in [0.3, 0.4) is 0 Å². The Bertz CT molecular complexity index is 31.8. The van der Waals surface area contributed by atoms with Crippen LogP contribution in [-0.4, -0.2) is 15.0 Å². The van der Waals surface area contributed by atoms with E-state index >= 15 is 0 Å². The fourth-order valence-corrected chi connectivity index (χ4v) is 0. The molecule has 0 aliphatic heterocycles. The quantitative estimate of drug-likeness (QED) is 0.417. The summed E-state index contributed by atoms with van der Waals surface area (Å²) >= 11 is -4.08. The molecule has 0 aromatic carbocycles. The van der Waals surface area contributed by atoms with Crippen molar-refractivity contribution in [2.24, 2.45) is 0 Å². The summed E-state index contributed by atoms with van der Waals surface area (Å²) in [6.45, 7) is 0. The van der Waals surface area contributed by atoms with Crippen LogP contribution in [0.15, 0.2) is 0 Å². The van der Waals surface area contributed by atoms with E-state index in [1.807, 2.05) is 0 Å². The molecule has 0 radical (unpaired) electrons. The molecule has 0 aromatic rings. The van der Waals surface area contributed by atoms with Crippen molar-refractivity contribution in [2.75, 3.05) is 0 Å². The minimum atomic E-state index is -4.08. The van der Waals surface area contributed by atoms with E-state index in [1.54, 1.807) is 0 Å². The van der Waals surface area contributed by atoms with Crippen LogP contribution >= 0.6 is 0 Å². The van der Waals surface area contributed by atoms with Crippen LogP contribution < -0.4 is 125 Å². The Balaban J connectivity index is -0.0000000450. The molecule has 0 aliphatic carbocycles. The fraction of sp³-hybridized carbons (Fsp3) is 0. The maximum absolute atomic E-state index is 8.58. The van der Waals surface area contributed by atoms with Gasteiger partial charge in [-0.3, -0.25) is 0 Å². The van der Waals surface area contributed by atoms with Gasteiger partial charge in [0.15, 0.2) is 0 Å². The summed E-state index contributed by atoms with van der Waals surface area (Å²) in [5.41, 5.74) is 0. The Labute approximate surface area is 138 Å². The van der Waals surface area contributed by atoms with Gasteiger partial charge in [-0.15, -0.1) is 0 Å². The van der Waals surface area contributed by atoms with Crippen LogP contribution in [0.5, 0.6) is 0 Å². The van der Waals surface area contributed by atoms with Gasteiger partial charge in [-0.25, -0.2) is 0 Å². The first-order chi connectivity index (χ1) is 1.73. The summed E-state index contributed by atoms with van der Waals surface area (Å²) < 4.78 is 25.8. The van der Waals surface area contributed by atoms with E-state index in [0.717, 1.165) is 0 Å². The van der Waals surface area contributed by atoms with Gasteiger partial charge in [0.2, 0.25) is 0 Å². The van der Waals surface area contributed by atoms with Crippen molar-refractivity contribution < 1.29 is 128 Å². The van der Waals surface area contributed by atoms with Gasteiger partial charge in [-0.1, -0.05) is 0 Å². The second kappa shape index (κ2) is 11.4. The Morgan fingerprint density at radius 1 is 1.17 bits per heavy atom. The van der Waals surface area contributed by atoms with Gasteiger partial charge < -0.3 is 0 Å². The Hall–Kier alpha value is 3.55. The molecule has 6 heavy (non-hydrogen) atoms. The normalized spacial score (nSPS) is 4.00. The smallest absolute Gasteiger partial charge is 1.00 e. The first-order valence-electron chi connectivity index (χ1n) is 0.612. The molecule has 0 aliphatic rings. The molecule has 0 unspecified atom stereocenters. The molecule has 0 heterocycles. The van der Waals surface area contributed by atoms with Gasteiger partial charge in [0.05, 0.1) is 0 Å². The maximum atomic E-state index is 8.58. The number of rotatable bonds is 0. The van der Waals surface area contributed by atoms with E-state index in [0.29, 0.717) is 0 Å². The second-order valence-electron chi connectivity index (χ2n) is 0.250. The molecule has 0 spiro atoms. The van der Waals surface area contributed by atoms with E-state index < -0.39 is 15.0 Å². The predicted molar refractivity (Wildman–Crippen MR) is 6.44 cm³/mol. The third-order valence-electron chi connectivity index (χ3n) is 0. The van der Waals surface area contributed by atoms with Crippen molar-refractivity contribution in [3.8, 4) is 0 Å². The predicted octanol–water partition coefficient (Wildman–Crippen LogP) is -8.87. The molecular formula is GeO3Rb2. The maximum Gasteiger partial charge on any atom is 1.00 e. The van der Waals surface area contributed by atoms with E-state index in [2.05, 4.69) is 0 Å². The first kappa shape index (κ1) is 16.3. The van der Waals surface area contributed by atoms with Gasteiger partial charge in [-0.2, -0.15) is 0 Å². The number of hydrogen-bond donors (Lipinski definition) is 0. The molecule has 0 N–H and O–H groups in total. The molecule has 0 bridgehead atoms. The Morgan fingerprint density at radius 3 is 1.17 bits per heavy atom. The van der Waals surface area contributed by atoms with Gasteiger partial charge in [-0.05, 0) is 0 Å². The molecule has 6 heteroatoms. The SMILES string of the molecule is [O]=[Ge]([O-])[O-].[Rb+].[Rb+]. The molecule has 0 rings (SSSR count). The van der Waals surface area contributed by atoms with Crippen molar-refractivity contribution in [3.63, 3.8) is 0 Å². The van der Waals surface area contributed by atoms with Crippen LogP contribution in [-0.2, 0) is 3.78 Å². The Kier molecular flexibility index (Phi) is 30.8. The summed E-state index contributed by atoms with van der Waals surface area (Å²) in [6.07, 6.45) is 0. The van der Waals surface area contributed by atoms with Crippen LogP contribution in [0.1, 0.15) is 0 Å². The zero-order valence-electron chi connectivity index (χ0n) is 3.72. The van der Waals surface area contributed by atoms with Gasteiger partial charge in [0.1, 0.15) is 0 Å². The minimum Gasteiger partial charge on any atom is 1.00 e. The molecule has 0 fully saturated rings. The topological polar surface area (TPSA) is 63.2 Å². The average molecular weight is 292 g/mol. The van der Waals surface area contributed by atoms with E-state index in [9.17, 15) is 0 Å². The summed E-state index contributed by atoms with van der Waals surface area (Å²) in [6, 6.07) is 0. The summed E-state index contributed by atoms with van der Waals surface area (Å²) in [7, 11) is 0. The summed E-state index contributed by atoms with van der Waals surface area (Å²) in [5.74, 6) is 0. The monoisotopic (exact) mass is 292 g/mol. The molecule has 0 atom stereocenters. The third kappa shape index (κ3) is 25.7. The molecule has 0 amide bonds. The van der Waals surface area contributed by atoms with Crippen molar-refractivity contribution in [3.05, 3.63) is 0 Å². The van der Waals surface area contributed by atoms with Crippen LogP contribution in [0.4, 0.5) is 0 Å². The van der Waals surface area contributed by atoms with Gasteiger partial charge in [0.25, 0.3) is 0 Å². The zero-order chi connectivity index (χ0) is 3.58. The van der Waals surface area contributed by atoms with Crippen LogP contribution in [0, 0.1) is 0 Å².